The molecule has 1 aromatic heterocycles. The van der Waals surface area contributed by atoms with E-state index in [1.54, 1.807) is 0 Å². The highest BCUT2D eigenvalue weighted by Gasteiger charge is 2.07. The summed E-state index contributed by atoms with van der Waals surface area (Å²) in [7, 11) is 0. The van der Waals surface area contributed by atoms with Gasteiger partial charge in [0.05, 0.1) is 17.6 Å². The number of rotatable bonds is 4. The van der Waals surface area contributed by atoms with Crippen LogP contribution in [0.2, 0.25) is 5.28 Å². The maximum atomic E-state index is 6.04. The molecule has 0 spiro atoms. The van der Waals surface area contributed by atoms with Crippen molar-refractivity contribution in [3.8, 4) is 12.3 Å². The van der Waals surface area contributed by atoms with Crippen molar-refractivity contribution in [3.05, 3.63) is 29.5 Å². The number of ether oxygens (including phenoxy) is 1. The number of imidazole rings is 1. The molecular formula is C12H11ClN2O. The average Bonchev–Trinajstić information content (AvgIpc) is 2.61. The fraction of sp³-hybridized carbons (Fsp3) is 0.250. The molecule has 1 heterocycles. The van der Waals surface area contributed by atoms with Crippen LogP contribution in [0.5, 0.6) is 0 Å². The summed E-state index contributed by atoms with van der Waals surface area (Å²) in [5.41, 5.74) is 1.90. The number of fused-ring (bicyclic) bond motifs is 1. The third-order valence-electron chi connectivity index (χ3n) is 2.25. The first-order valence-corrected chi connectivity index (χ1v) is 5.32. The van der Waals surface area contributed by atoms with Crippen LogP contribution < -0.4 is 0 Å². The van der Waals surface area contributed by atoms with E-state index in [-0.39, 0.29) is 0 Å². The van der Waals surface area contributed by atoms with Gasteiger partial charge in [-0.3, -0.25) is 0 Å². The second-order valence-corrected chi connectivity index (χ2v) is 3.62. The molecule has 0 radical (unpaired) electrons. The van der Waals surface area contributed by atoms with Crippen LogP contribution in [0.3, 0.4) is 0 Å². The summed E-state index contributed by atoms with van der Waals surface area (Å²) in [5, 5.41) is 0.477. The Kier molecular flexibility index (Phi) is 3.45. The molecule has 0 fully saturated rings. The van der Waals surface area contributed by atoms with Gasteiger partial charge in [0, 0.05) is 6.54 Å². The van der Waals surface area contributed by atoms with Gasteiger partial charge in [-0.2, -0.15) is 0 Å². The Labute approximate surface area is 99.0 Å². The summed E-state index contributed by atoms with van der Waals surface area (Å²) in [6.45, 7) is 1.51. The van der Waals surface area contributed by atoms with Crippen LogP contribution in [0.15, 0.2) is 24.3 Å². The molecular weight excluding hydrogens is 224 g/mol. The molecule has 16 heavy (non-hydrogen) atoms. The van der Waals surface area contributed by atoms with E-state index in [4.69, 9.17) is 22.8 Å². The molecule has 0 N–H and O–H groups in total. The lowest BCUT2D eigenvalue weighted by Crippen LogP contribution is -2.06. The Hall–Kier alpha value is -1.50. The van der Waals surface area contributed by atoms with Crippen LogP contribution in [0.25, 0.3) is 11.0 Å². The van der Waals surface area contributed by atoms with E-state index in [2.05, 4.69) is 10.9 Å². The molecule has 0 bridgehead atoms. The van der Waals surface area contributed by atoms with E-state index < -0.39 is 0 Å². The maximum absolute atomic E-state index is 6.04. The van der Waals surface area contributed by atoms with Gasteiger partial charge in [-0.15, -0.1) is 6.42 Å². The minimum absolute atomic E-state index is 0.324. The first-order valence-electron chi connectivity index (χ1n) is 4.95. The third-order valence-corrected chi connectivity index (χ3v) is 2.54. The Balaban J connectivity index is 2.17. The Bertz CT molecular complexity index is 527. The van der Waals surface area contributed by atoms with E-state index in [0.29, 0.717) is 25.0 Å². The molecule has 3 nitrogen and oxygen atoms in total. The van der Waals surface area contributed by atoms with Crippen LogP contribution in [-0.2, 0) is 11.3 Å². The number of para-hydroxylation sites is 2. The minimum Gasteiger partial charge on any atom is -0.367 e. The number of terminal acetylenes is 1. The molecule has 0 aliphatic carbocycles. The van der Waals surface area contributed by atoms with Gasteiger partial charge >= 0.3 is 0 Å². The molecule has 82 valence electrons. The zero-order valence-corrected chi connectivity index (χ0v) is 9.44. The summed E-state index contributed by atoms with van der Waals surface area (Å²) in [4.78, 5) is 4.24. The second kappa shape index (κ2) is 5.02. The summed E-state index contributed by atoms with van der Waals surface area (Å²) in [6, 6.07) is 7.80. The second-order valence-electron chi connectivity index (χ2n) is 3.28. The minimum atomic E-state index is 0.324. The molecule has 2 rings (SSSR count). The van der Waals surface area contributed by atoms with E-state index in [1.165, 1.54) is 0 Å². The zero-order chi connectivity index (χ0) is 11.4. The van der Waals surface area contributed by atoms with Crippen LogP contribution >= 0.6 is 11.6 Å². The molecule has 0 atom stereocenters. The predicted molar refractivity (Wildman–Crippen MR) is 64.4 cm³/mol. The van der Waals surface area contributed by atoms with Crippen molar-refractivity contribution in [2.45, 2.75) is 6.54 Å². The number of nitrogens with zero attached hydrogens (tertiary/aromatic N) is 2. The van der Waals surface area contributed by atoms with Crippen molar-refractivity contribution in [1.29, 1.82) is 0 Å². The van der Waals surface area contributed by atoms with E-state index in [0.717, 1.165) is 11.0 Å². The highest BCUT2D eigenvalue weighted by Crippen LogP contribution is 2.18. The zero-order valence-electron chi connectivity index (χ0n) is 8.69. The Morgan fingerprint density at radius 1 is 1.44 bits per heavy atom. The number of benzene rings is 1. The highest BCUT2D eigenvalue weighted by molar-refractivity contribution is 6.29. The molecule has 0 saturated carbocycles. The van der Waals surface area contributed by atoms with Crippen molar-refractivity contribution in [2.75, 3.05) is 13.2 Å². The van der Waals surface area contributed by atoms with E-state index in [1.807, 2.05) is 28.8 Å². The molecule has 0 saturated heterocycles. The fourth-order valence-corrected chi connectivity index (χ4v) is 1.81. The van der Waals surface area contributed by atoms with Gasteiger partial charge in [0.1, 0.15) is 6.61 Å². The summed E-state index contributed by atoms with van der Waals surface area (Å²) in [5.74, 6) is 2.42. The standard InChI is InChI=1S/C12H11ClN2O/c1-2-8-16-9-7-15-11-6-4-3-5-10(11)14-12(15)13/h1,3-6H,7-9H2. The van der Waals surface area contributed by atoms with Crippen molar-refractivity contribution < 1.29 is 4.74 Å². The van der Waals surface area contributed by atoms with E-state index in [9.17, 15) is 0 Å². The number of aromatic nitrogens is 2. The van der Waals surface area contributed by atoms with Crippen molar-refractivity contribution in [3.63, 3.8) is 0 Å². The number of hydrogen-bond acceptors (Lipinski definition) is 2. The quantitative estimate of drug-likeness (QED) is 0.600. The van der Waals surface area contributed by atoms with Gasteiger partial charge in [-0.05, 0) is 23.7 Å². The topological polar surface area (TPSA) is 27.1 Å². The summed E-state index contributed by atoms with van der Waals surface area (Å²) in [6.07, 6.45) is 5.09. The first-order chi connectivity index (χ1) is 7.83. The number of halogens is 1. The smallest absolute Gasteiger partial charge is 0.203 e. The van der Waals surface area contributed by atoms with Gasteiger partial charge in [-0.1, -0.05) is 18.1 Å². The van der Waals surface area contributed by atoms with Gasteiger partial charge in [0.25, 0.3) is 0 Å². The third kappa shape index (κ3) is 2.19. The molecule has 0 unspecified atom stereocenters. The van der Waals surface area contributed by atoms with Crippen LogP contribution in [0, 0.1) is 12.3 Å². The van der Waals surface area contributed by atoms with Gasteiger partial charge in [0.15, 0.2) is 0 Å². The lowest BCUT2D eigenvalue weighted by atomic mass is 10.3. The molecule has 0 amide bonds. The molecule has 2 aromatic rings. The van der Waals surface area contributed by atoms with Crippen LogP contribution in [0.4, 0.5) is 0 Å². The average molecular weight is 235 g/mol. The Morgan fingerprint density at radius 2 is 2.25 bits per heavy atom. The highest BCUT2D eigenvalue weighted by atomic mass is 35.5. The van der Waals surface area contributed by atoms with E-state index >= 15 is 0 Å². The lowest BCUT2D eigenvalue weighted by Gasteiger charge is -2.04. The van der Waals surface area contributed by atoms with Crippen molar-refractivity contribution >= 4 is 22.6 Å². The molecule has 4 heteroatoms. The maximum Gasteiger partial charge on any atom is 0.203 e. The predicted octanol–water partition coefficient (Wildman–Crippen LogP) is 2.34. The SMILES string of the molecule is C#CCOCCn1c(Cl)nc2ccccc21. The van der Waals surface area contributed by atoms with Gasteiger partial charge < -0.3 is 9.30 Å². The van der Waals surface area contributed by atoms with Gasteiger partial charge in [0.2, 0.25) is 5.28 Å². The molecule has 1 aromatic carbocycles. The number of hydrogen-bond donors (Lipinski definition) is 0. The van der Waals surface area contributed by atoms with Crippen LogP contribution in [-0.4, -0.2) is 22.8 Å². The van der Waals surface area contributed by atoms with Crippen molar-refractivity contribution in [2.24, 2.45) is 0 Å². The Morgan fingerprint density at radius 3 is 3.06 bits per heavy atom. The monoisotopic (exact) mass is 234 g/mol. The molecule has 0 aliphatic heterocycles. The summed E-state index contributed by atoms with van der Waals surface area (Å²) >= 11 is 6.04. The van der Waals surface area contributed by atoms with Crippen molar-refractivity contribution in [1.82, 2.24) is 9.55 Å². The first kappa shape index (κ1) is 11.0. The van der Waals surface area contributed by atoms with Gasteiger partial charge in [-0.25, -0.2) is 4.98 Å². The summed E-state index contributed by atoms with van der Waals surface area (Å²) < 4.78 is 7.13. The largest absolute Gasteiger partial charge is 0.367 e. The fourth-order valence-electron chi connectivity index (χ4n) is 1.55. The normalized spacial score (nSPS) is 10.5. The lowest BCUT2D eigenvalue weighted by molar-refractivity contribution is 0.158. The van der Waals surface area contributed by atoms with Crippen LogP contribution in [0.1, 0.15) is 0 Å². The molecule has 0 aliphatic rings.